The van der Waals surface area contributed by atoms with Crippen molar-refractivity contribution in [3.8, 4) is 0 Å². The van der Waals surface area contributed by atoms with E-state index < -0.39 is 29.7 Å². The Morgan fingerprint density at radius 1 is 0.795 bits per heavy atom. The summed E-state index contributed by atoms with van der Waals surface area (Å²) in [6.45, 7) is 6.07. The van der Waals surface area contributed by atoms with Gasteiger partial charge >= 0.3 is 0 Å². The maximum Gasteiger partial charge on any atom is 0.264 e. The molecule has 4 amide bonds. The summed E-state index contributed by atoms with van der Waals surface area (Å²) in [6, 6.07) is 3.93. The Labute approximate surface area is 227 Å². The van der Waals surface area contributed by atoms with E-state index in [1.165, 1.54) is 0 Å². The lowest BCUT2D eigenvalue weighted by atomic mass is 10.0. The second-order valence-corrected chi connectivity index (χ2v) is 8.77. The van der Waals surface area contributed by atoms with Crippen molar-refractivity contribution < 1.29 is 42.9 Å². The van der Waals surface area contributed by atoms with Gasteiger partial charge in [0.1, 0.15) is 6.04 Å². The van der Waals surface area contributed by atoms with E-state index in [1.54, 1.807) is 18.2 Å². The van der Waals surface area contributed by atoms with Gasteiger partial charge in [-0.3, -0.25) is 29.4 Å². The molecular weight excluding hydrogens is 512 g/mol. The molecule has 0 aliphatic carbocycles. The first-order valence-electron chi connectivity index (χ1n) is 13.2. The maximum absolute atomic E-state index is 13.1. The molecule has 2 heterocycles. The second-order valence-electron chi connectivity index (χ2n) is 8.77. The van der Waals surface area contributed by atoms with Crippen LogP contribution in [0.1, 0.15) is 33.6 Å². The molecule has 0 bridgehead atoms. The summed E-state index contributed by atoms with van der Waals surface area (Å²) < 4.78 is 27.2. The Morgan fingerprint density at radius 2 is 1.36 bits per heavy atom. The Kier molecular flexibility index (Phi) is 13.3. The van der Waals surface area contributed by atoms with Gasteiger partial charge in [-0.15, -0.1) is 0 Å². The van der Waals surface area contributed by atoms with E-state index >= 15 is 0 Å². The van der Waals surface area contributed by atoms with Crippen LogP contribution in [0.5, 0.6) is 0 Å². The lowest BCUT2D eigenvalue weighted by Gasteiger charge is -2.27. The van der Waals surface area contributed by atoms with Gasteiger partial charge in [-0.2, -0.15) is 0 Å². The second kappa shape index (κ2) is 16.9. The lowest BCUT2D eigenvalue weighted by molar-refractivity contribution is -0.136. The number of nitrogens with one attached hydrogen (secondary N) is 3. The van der Waals surface area contributed by atoms with Gasteiger partial charge in [0, 0.05) is 25.2 Å². The predicted octanol–water partition coefficient (Wildman–Crippen LogP) is -0.198. The van der Waals surface area contributed by atoms with Crippen molar-refractivity contribution in [2.24, 2.45) is 0 Å². The van der Waals surface area contributed by atoms with Crippen LogP contribution in [0.25, 0.3) is 0 Å². The zero-order valence-corrected chi connectivity index (χ0v) is 22.3. The summed E-state index contributed by atoms with van der Waals surface area (Å²) in [4.78, 5) is 50.6. The molecule has 1 aromatic carbocycles. The van der Waals surface area contributed by atoms with Gasteiger partial charge in [0.05, 0.1) is 77.2 Å². The molecule has 3 N–H and O–H groups in total. The van der Waals surface area contributed by atoms with Crippen LogP contribution in [-0.2, 0) is 33.3 Å². The lowest BCUT2D eigenvalue weighted by Crippen LogP contribution is -2.54. The number of carbonyl (C=O) groups excluding carboxylic acids is 4. The number of carbonyl (C=O) groups is 4. The van der Waals surface area contributed by atoms with E-state index in [-0.39, 0.29) is 24.0 Å². The largest absolute Gasteiger partial charge is 0.382 e. The molecule has 0 aromatic heterocycles. The van der Waals surface area contributed by atoms with Gasteiger partial charge < -0.3 is 34.3 Å². The van der Waals surface area contributed by atoms with Gasteiger partial charge in [-0.05, 0) is 25.6 Å². The monoisotopic (exact) mass is 550 g/mol. The molecular formula is C26H38N4O9. The van der Waals surface area contributed by atoms with Gasteiger partial charge in [-0.1, -0.05) is 6.07 Å². The van der Waals surface area contributed by atoms with Crippen LogP contribution in [0.2, 0.25) is 0 Å². The van der Waals surface area contributed by atoms with Crippen LogP contribution in [0.4, 0.5) is 5.69 Å². The summed E-state index contributed by atoms with van der Waals surface area (Å²) in [5.74, 6) is -2.13. The summed E-state index contributed by atoms with van der Waals surface area (Å²) in [7, 11) is 1.88. The van der Waals surface area contributed by atoms with Crippen LogP contribution in [-0.4, -0.2) is 121 Å². The number of likely N-dealkylation sites (N-methyl/N-ethyl adjacent to an activating group) is 1. The van der Waals surface area contributed by atoms with Crippen molar-refractivity contribution in [1.29, 1.82) is 0 Å². The molecule has 0 spiro atoms. The third-order valence-electron chi connectivity index (χ3n) is 6.01. The fraction of sp³-hybridized carbons (Fsp3) is 0.615. The quantitative estimate of drug-likeness (QED) is 0.146. The molecule has 39 heavy (non-hydrogen) atoms. The molecule has 1 saturated heterocycles. The van der Waals surface area contributed by atoms with Crippen molar-refractivity contribution in [2.45, 2.75) is 18.9 Å². The maximum atomic E-state index is 13.1. The zero-order valence-electron chi connectivity index (χ0n) is 22.3. The fourth-order valence-corrected chi connectivity index (χ4v) is 4.08. The molecule has 1 atom stereocenters. The number of imide groups is 2. The highest BCUT2D eigenvalue weighted by molar-refractivity contribution is 6.25. The van der Waals surface area contributed by atoms with Crippen molar-refractivity contribution in [3.63, 3.8) is 0 Å². The normalized spacial score (nSPS) is 17.1. The van der Waals surface area contributed by atoms with Crippen LogP contribution in [0, 0.1) is 0 Å². The number of hydrogen-bond acceptors (Lipinski definition) is 11. The number of nitrogens with zero attached hydrogens (tertiary/aromatic N) is 1. The first kappa shape index (κ1) is 30.6. The van der Waals surface area contributed by atoms with Gasteiger partial charge in [-0.25, -0.2) is 0 Å². The number of ether oxygens (including phenoxy) is 5. The minimum atomic E-state index is -0.997. The third kappa shape index (κ3) is 9.34. The average molecular weight is 551 g/mol. The van der Waals surface area contributed by atoms with E-state index in [9.17, 15) is 19.2 Å². The minimum Gasteiger partial charge on any atom is -0.382 e. The van der Waals surface area contributed by atoms with Crippen LogP contribution in [0.15, 0.2) is 18.2 Å². The zero-order chi connectivity index (χ0) is 27.9. The van der Waals surface area contributed by atoms with E-state index in [2.05, 4.69) is 16.0 Å². The highest BCUT2D eigenvalue weighted by Crippen LogP contribution is 2.32. The Hall–Kier alpha value is -2.94. The van der Waals surface area contributed by atoms with Crippen molar-refractivity contribution in [1.82, 2.24) is 15.5 Å². The molecule has 1 aromatic rings. The highest BCUT2D eigenvalue weighted by Gasteiger charge is 2.45. The highest BCUT2D eigenvalue weighted by atomic mass is 16.6. The summed E-state index contributed by atoms with van der Waals surface area (Å²) in [5.41, 5.74) is 0.939. The predicted molar refractivity (Wildman–Crippen MR) is 140 cm³/mol. The van der Waals surface area contributed by atoms with E-state index in [0.29, 0.717) is 78.3 Å². The van der Waals surface area contributed by atoms with Crippen molar-refractivity contribution >= 4 is 29.3 Å². The fourth-order valence-electron chi connectivity index (χ4n) is 4.08. The topological polar surface area (TPSA) is 154 Å². The number of amides is 4. The minimum absolute atomic E-state index is 0.0754. The SMILES string of the molecule is CNCCOCCOCCOCCOCCOCCNc1cccc2c1C(=O)N(C1CCC(=O)NC1=O)C2=O. The van der Waals surface area contributed by atoms with E-state index in [4.69, 9.17) is 23.7 Å². The average Bonchev–Trinajstić information content (AvgIpc) is 3.18. The van der Waals surface area contributed by atoms with Gasteiger partial charge in [0.25, 0.3) is 11.8 Å². The van der Waals surface area contributed by atoms with Gasteiger partial charge in [0.15, 0.2) is 0 Å². The van der Waals surface area contributed by atoms with Gasteiger partial charge in [0.2, 0.25) is 11.8 Å². The number of hydrogen-bond donors (Lipinski definition) is 3. The molecule has 0 saturated carbocycles. The molecule has 2 aliphatic rings. The summed E-state index contributed by atoms with van der Waals surface area (Å²) in [6.07, 6.45) is 0.189. The van der Waals surface area contributed by atoms with E-state index in [1.807, 2.05) is 7.05 Å². The molecule has 13 nitrogen and oxygen atoms in total. The standard InChI is InChI=1S/C26H38N4O9/c1-27-7-9-35-11-13-37-15-17-39-18-16-38-14-12-36-10-8-28-20-4-2-3-19-23(20)26(34)30(25(19)33)21-5-6-22(31)29-24(21)32/h2-4,21,27-28H,5-18H2,1H3,(H,29,31,32). The molecule has 0 radical (unpaired) electrons. The Bertz CT molecular complexity index is 975. The number of piperidine rings is 1. The first-order chi connectivity index (χ1) is 19.0. The summed E-state index contributed by atoms with van der Waals surface area (Å²) >= 11 is 0. The molecule has 13 heteroatoms. The van der Waals surface area contributed by atoms with Crippen LogP contribution >= 0.6 is 0 Å². The molecule has 2 aliphatic heterocycles. The third-order valence-corrected chi connectivity index (χ3v) is 6.01. The smallest absolute Gasteiger partial charge is 0.264 e. The number of fused-ring (bicyclic) bond motifs is 1. The van der Waals surface area contributed by atoms with Crippen molar-refractivity contribution in [3.05, 3.63) is 29.3 Å². The molecule has 3 rings (SSSR count). The number of rotatable bonds is 20. The van der Waals surface area contributed by atoms with Crippen LogP contribution < -0.4 is 16.0 Å². The van der Waals surface area contributed by atoms with E-state index in [0.717, 1.165) is 11.4 Å². The Morgan fingerprint density at radius 3 is 1.92 bits per heavy atom. The summed E-state index contributed by atoms with van der Waals surface area (Å²) in [5, 5.41) is 8.32. The number of anilines is 1. The first-order valence-corrected chi connectivity index (χ1v) is 13.2. The Balaban J connectivity index is 1.24. The molecule has 216 valence electrons. The molecule has 1 unspecified atom stereocenters. The number of benzene rings is 1. The molecule has 1 fully saturated rings. The van der Waals surface area contributed by atoms with Crippen molar-refractivity contribution in [2.75, 3.05) is 91.5 Å². The van der Waals surface area contributed by atoms with Crippen LogP contribution in [0.3, 0.4) is 0 Å².